The van der Waals surface area contributed by atoms with Gasteiger partial charge in [-0.05, 0) is 36.4 Å². The van der Waals surface area contributed by atoms with Crippen LogP contribution in [0.15, 0.2) is 76.9 Å². The fourth-order valence-corrected chi connectivity index (χ4v) is 3.43. The van der Waals surface area contributed by atoms with Crippen molar-refractivity contribution in [3.63, 3.8) is 0 Å². The molecule has 152 valence electrons. The van der Waals surface area contributed by atoms with Crippen molar-refractivity contribution in [3.8, 4) is 6.07 Å². The summed E-state index contributed by atoms with van der Waals surface area (Å²) < 4.78 is 5.44. The van der Waals surface area contributed by atoms with Crippen molar-refractivity contribution >= 4 is 28.8 Å². The first-order chi connectivity index (χ1) is 14.9. The third-order valence-corrected chi connectivity index (χ3v) is 4.86. The number of Topliss-reactive ketones (excluding diaryl/α,β-unsaturated/α-hetero) is 1. The molecule has 1 unspecified atom stereocenters. The number of nitro groups is 1. The molecule has 0 saturated carbocycles. The van der Waals surface area contributed by atoms with Crippen molar-refractivity contribution in [1.29, 1.82) is 5.26 Å². The molecule has 2 heterocycles. The van der Waals surface area contributed by atoms with E-state index < -0.39 is 28.4 Å². The zero-order chi connectivity index (χ0) is 22.1. The van der Waals surface area contributed by atoms with Crippen LogP contribution in [0.25, 0.3) is 5.76 Å². The quantitative estimate of drug-likeness (QED) is 0.225. The van der Waals surface area contributed by atoms with Gasteiger partial charge in [0.2, 0.25) is 0 Å². The lowest BCUT2D eigenvalue weighted by Crippen LogP contribution is -2.29. The average Bonchev–Trinajstić information content (AvgIpc) is 3.40. The van der Waals surface area contributed by atoms with Crippen molar-refractivity contribution in [1.82, 2.24) is 0 Å². The molecular formula is C22H13N3O6. The smallest absolute Gasteiger partial charge is 0.300 e. The predicted molar refractivity (Wildman–Crippen MR) is 108 cm³/mol. The Labute approximate surface area is 175 Å². The van der Waals surface area contributed by atoms with Crippen LogP contribution in [0.3, 0.4) is 0 Å². The van der Waals surface area contributed by atoms with Crippen LogP contribution >= 0.6 is 0 Å². The molecule has 9 nitrogen and oxygen atoms in total. The first-order valence-electron chi connectivity index (χ1n) is 9.01. The summed E-state index contributed by atoms with van der Waals surface area (Å²) in [6.07, 6.45) is 1.36. The number of rotatable bonds is 4. The first-order valence-corrected chi connectivity index (χ1v) is 9.01. The maximum Gasteiger partial charge on any atom is 0.300 e. The second-order valence-electron chi connectivity index (χ2n) is 6.65. The number of nitro benzene ring substituents is 1. The molecule has 1 aliphatic heterocycles. The Hall–Kier alpha value is -4.71. The molecule has 31 heavy (non-hydrogen) atoms. The van der Waals surface area contributed by atoms with Gasteiger partial charge < -0.3 is 9.52 Å². The topological polar surface area (TPSA) is 138 Å². The highest BCUT2D eigenvalue weighted by molar-refractivity contribution is 6.51. The summed E-state index contributed by atoms with van der Waals surface area (Å²) in [5, 5.41) is 31.0. The second-order valence-corrected chi connectivity index (χ2v) is 6.65. The Kier molecular flexibility index (Phi) is 4.81. The molecule has 9 heteroatoms. The van der Waals surface area contributed by atoms with Crippen LogP contribution in [-0.4, -0.2) is 21.7 Å². The number of nitrogens with zero attached hydrogens (tertiary/aromatic N) is 3. The van der Waals surface area contributed by atoms with Gasteiger partial charge in [-0.2, -0.15) is 5.26 Å². The predicted octanol–water partition coefficient (Wildman–Crippen LogP) is 3.69. The number of hydrogen-bond donors (Lipinski definition) is 1. The molecule has 1 N–H and O–H groups in total. The number of non-ortho nitro benzene ring substituents is 1. The van der Waals surface area contributed by atoms with E-state index >= 15 is 0 Å². The monoisotopic (exact) mass is 415 g/mol. The Balaban J connectivity index is 1.91. The highest BCUT2D eigenvalue weighted by Gasteiger charge is 2.48. The molecule has 1 amide bonds. The van der Waals surface area contributed by atoms with Crippen molar-refractivity contribution in [2.75, 3.05) is 4.90 Å². The van der Waals surface area contributed by atoms with E-state index in [0.717, 1.165) is 11.0 Å². The molecule has 0 spiro atoms. The van der Waals surface area contributed by atoms with Gasteiger partial charge in [0, 0.05) is 23.4 Å². The number of furan rings is 1. The zero-order valence-corrected chi connectivity index (χ0v) is 15.8. The van der Waals surface area contributed by atoms with E-state index in [-0.39, 0.29) is 22.6 Å². The lowest BCUT2D eigenvalue weighted by Gasteiger charge is -2.23. The molecule has 4 rings (SSSR count). The lowest BCUT2D eigenvalue weighted by atomic mass is 9.99. The highest BCUT2D eigenvalue weighted by atomic mass is 16.6. The van der Waals surface area contributed by atoms with E-state index in [0.29, 0.717) is 11.3 Å². The van der Waals surface area contributed by atoms with E-state index in [1.807, 2.05) is 6.07 Å². The maximum absolute atomic E-state index is 12.9. The number of hydrogen-bond acceptors (Lipinski definition) is 7. The summed E-state index contributed by atoms with van der Waals surface area (Å²) in [7, 11) is 0. The van der Waals surface area contributed by atoms with Gasteiger partial charge in [-0.1, -0.05) is 12.1 Å². The van der Waals surface area contributed by atoms with Gasteiger partial charge in [0.1, 0.15) is 17.6 Å². The summed E-state index contributed by atoms with van der Waals surface area (Å²) in [6, 6.07) is 15.1. The molecule has 0 aliphatic carbocycles. The number of nitriles is 1. The number of amides is 1. The largest absolute Gasteiger partial charge is 0.507 e. The molecule has 0 radical (unpaired) electrons. The Morgan fingerprint density at radius 3 is 2.48 bits per heavy atom. The number of ketones is 1. The number of carbonyl (C=O) groups excluding carboxylic acids is 2. The van der Waals surface area contributed by atoms with Crippen molar-refractivity contribution in [2.45, 2.75) is 6.04 Å². The van der Waals surface area contributed by atoms with E-state index in [2.05, 4.69) is 0 Å². The van der Waals surface area contributed by atoms with Gasteiger partial charge in [0.05, 0.1) is 28.4 Å². The number of aliphatic hydroxyl groups is 1. The minimum atomic E-state index is -1.10. The SMILES string of the molecule is N#Cc1ccc(N2C(=O)C(=O)/C(=C(\O)c3cccc([N+](=O)[O-])c3)C2c2ccco2)cc1. The average molecular weight is 415 g/mol. The van der Waals surface area contributed by atoms with Crippen LogP contribution in [0.5, 0.6) is 0 Å². The Morgan fingerprint density at radius 1 is 1.13 bits per heavy atom. The van der Waals surface area contributed by atoms with Gasteiger partial charge in [-0.15, -0.1) is 0 Å². The second kappa shape index (κ2) is 7.61. The van der Waals surface area contributed by atoms with Crippen LogP contribution < -0.4 is 4.90 Å². The third-order valence-electron chi connectivity index (χ3n) is 4.86. The van der Waals surface area contributed by atoms with Gasteiger partial charge in [0.25, 0.3) is 17.4 Å². The van der Waals surface area contributed by atoms with Gasteiger partial charge >= 0.3 is 0 Å². The Morgan fingerprint density at radius 2 is 1.87 bits per heavy atom. The molecule has 0 bridgehead atoms. The Bertz CT molecular complexity index is 1270. The normalized spacial score (nSPS) is 17.5. The molecule has 3 aromatic rings. The third kappa shape index (κ3) is 3.32. The van der Waals surface area contributed by atoms with Gasteiger partial charge in [0.15, 0.2) is 0 Å². The number of aliphatic hydroxyl groups excluding tert-OH is 1. The fraction of sp³-hybridized carbons (Fsp3) is 0.0455. The number of carbonyl (C=O) groups is 2. The molecule has 1 aliphatic rings. The van der Waals surface area contributed by atoms with E-state index in [9.17, 15) is 24.8 Å². The van der Waals surface area contributed by atoms with E-state index in [4.69, 9.17) is 9.68 Å². The standard InChI is InChI=1S/C22H13N3O6/c23-12-13-6-8-15(9-7-13)24-19(17-5-2-10-31-17)18(21(27)22(24)28)20(26)14-3-1-4-16(11-14)25(29)30/h1-11,19,26H/b20-18-. The van der Waals surface area contributed by atoms with E-state index in [1.54, 1.807) is 12.1 Å². The minimum absolute atomic E-state index is 0.0172. The molecule has 1 fully saturated rings. The van der Waals surface area contributed by atoms with Crippen molar-refractivity contribution in [2.24, 2.45) is 0 Å². The van der Waals surface area contributed by atoms with Crippen LogP contribution in [0.4, 0.5) is 11.4 Å². The first kappa shape index (κ1) is 19.6. The van der Waals surface area contributed by atoms with Crippen molar-refractivity contribution < 1.29 is 24.0 Å². The highest BCUT2D eigenvalue weighted by Crippen LogP contribution is 2.42. The number of benzene rings is 2. The molecule has 2 aromatic carbocycles. The summed E-state index contributed by atoms with van der Waals surface area (Å²) in [5.41, 5.74) is 0.167. The van der Waals surface area contributed by atoms with Crippen molar-refractivity contribution in [3.05, 3.63) is 99.5 Å². The lowest BCUT2D eigenvalue weighted by molar-refractivity contribution is -0.384. The molecule has 1 aromatic heterocycles. The van der Waals surface area contributed by atoms with Crippen LogP contribution in [0.1, 0.15) is 22.9 Å². The molecule has 1 saturated heterocycles. The van der Waals surface area contributed by atoms with Crippen LogP contribution in [0.2, 0.25) is 0 Å². The summed E-state index contributed by atoms with van der Waals surface area (Å²) in [5.74, 6) is -2.21. The van der Waals surface area contributed by atoms with Crippen LogP contribution in [-0.2, 0) is 9.59 Å². The summed E-state index contributed by atoms with van der Waals surface area (Å²) in [4.78, 5) is 37.4. The fourth-order valence-electron chi connectivity index (χ4n) is 3.43. The van der Waals surface area contributed by atoms with E-state index in [1.165, 1.54) is 48.7 Å². The molecule has 1 atom stereocenters. The van der Waals surface area contributed by atoms with Gasteiger partial charge in [-0.3, -0.25) is 24.6 Å². The summed E-state index contributed by atoms with van der Waals surface area (Å²) in [6.45, 7) is 0. The number of anilines is 1. The molecular weight excluding hydrogens is 402 g/mol. The maximum atomic E-state index is 12.9. The minimum Gasteiger partial charge on any atom is -0.507 e. The zero-order valence-electron chi connectivity index (χ0n) is 15.8. The summed E-state index contributed by atoms with van der Waals surface area (Å²) >= 11 is 0. The van der Waals surface area contributed by atoms with Gasteiger partial charge in [-0.25, -0.2) is 0 Å². The van der Waals surface area contributed by atoms with Crippen LogP contribution in [0, 0.1) is 21.4 Å².